The van der Waals surface area contributed by atoms with Crippen LogP contribution < -0.4 is 15.4 Å². The Hall–Kier alpha value is -2.50. The molecule has 0 saturated heterocycles. The second kappa shape index (κ2) is 7.49. The van der Waals surface area contributed by atoms with Crippen molar-refractivity contribution in [1.29, 1.82) is 0 Å². The summed E-state index contributed by atoms with van der Waals surface area (Å²) < 4.78 is 7.19. The van der Waals surface area contributed by atoms with Crippen molar-refractivity contribution in [1.82, 2.24) is 20.4 Å². The summed E-state index contributed by atoms with van der Waals surface area (Å²) in [6.45, 7) is 3.38. The van der Waals surface area contributed by atoms with Gasteiger partial charge < -0.3 is 15.4 Å². The van der Waals surface area contributed by atoms with Crippen molar-refractivity contribution in [3.8, 4) is 5.75 Å². The van der Waals surface area contributed by atoms with E-state index in [4.69, 9.17) is 4.74 Å². The summed E-state index contributed by atoms with van der Waals surface area (Å²) in [5.41, 5.74) is 3.38. The van der Waals surface area contributed by atoms with Crippen LogP contribution >= 0.6 is 0 Å². The number of aliphatic imine (C=N–C) groups is 1. The standard InChI is InChI=1S/C16H23N5O/c1-12-5-6-14(15(7-12)22-4)10-19-16(17-2)18-8-13-9-20-21(3)11-13/h5-7,9,11H,8,10H2,1-4H3,(H2,17,18,19). The van der Waals surface area contributed by atoms with Gasteiger partial charge in [-0.3, -0.25) is 9.67 Å². The maximum absolute atomic E-state index is 5.41. The number of methoxy groups -OCH3 is 1. The predicted octanol–water partition coefficient (Wildman–Crippen LogP) is 1.60. The first kappa shape index (κ1) is 15.9. The van der Waals surface area contributed by atoms with Gasteiger partial charge in [0.05, 0.1) is 13.3 Å². The molecule has 2 N–H and O–H groups in total. The van der Waals surface area contributed by atoms with E-state index >= 15 is 0 Å². The molecule has 0 saturated carbocycles. The molecule has 0 unspecified atom stereocenters. The molecular weight excluding hydrogens is 278 g/mol. The minimum absolute atomic E-state index is 0.649. The van der Waals surface area contributed by atoms with Crippen LogP contribution in [0.3, 0.4) is 0 Å². The first-order chi connectivity index (χ1) is 10.6. The fourth-order valence-corrected chi connectivity index (χ4v) is 2.15. The number of ether oxygens (including phenoxy) is 1. The van der Waals surface area contributed by atoms with Gasteiger partial charge in [-0.15, -0.1) is 0 Å². The predicted molar refractivity (Wildman–Crippen MR) is 88.0 cm³/mol. The van der Waals surface area contributed by atoms with E-state index in [2.05, 4.69) is 32.9 Å². The third kappa shape index (κ3) is 4.25. The van der Waals surface area contributed by atoms with Crippen molar-refractivity contribution in [2.75, 3.05) is 14.2 Å². The number of aryl methyl sites for hydroxylation is 2. The molecule has 0 spiro atoms. The summed E-state index contributed by atoms with van der Waals surface area (Å²) >= 11 is 0. The van der Waals surface area contributed by atoms with Crippen LogP contribution in [0.2, 0.25) is 0 Å². The third-order valence-corrected chi connectivity index (χ3v) is 3.33. The van der Waals surface area contributed by atoms with Crippen molar-refractivity contribution in [3.05, 3.63) is 47.3 Å². The molecule has 2 aromatic rings. The van der Waals surface area contributed by atoms with E-state index in [0.717, 1.165) is 22.8 Å². The molecule has 0 aliphatic carbocycles. The number of aromatic nitrogens is 2. The van der Waals surface area contributed by atoms with Crippen molar-refractivity contribution in [3.63, 3.8) is 0 Å². The number of nitrogens with zero attached hydrogens (tertiary/aromatic N) is 3. The van der Waals surface area contributed by atoms with Crippen LogP contribution in [0.5, 0.6) is 5.75 Å². The van der Waals surface area contributed by atoms with Gasteiger partial charge in [-0.25, -0.2) is 0 Å². The minimum Gasteiger partial charge on any atom is -0.496 e. The van der Waals surface area contributed by atoms with E-state index in [9.17, 15) is 0 Å². The molecule has 0 bridgehead atoms. The Morgan fingerprint density at radius 2 is 2.09 bits per heavy atom. The average molecular weight is 301 g/mol. The Kier molecular flexibility index (Phi) is 5.41. The number of nitrogens with one attached hydrogen (secondary N) is 2. The highest BCUT2D eigenvalue weighted by atomic mass is 16.5. The van der Waals surface area contributed by atoms with E-state index in [1.807, 2.05) is 32.4 Å². The molecule has 1 aromatic carbocycles. The summed E-state index contributed by atoms with van der Waals surface area (Å²) in [7, 11) is 5.35. The van der Waals surface area contributed by atoms with Gasteiger partial charge in [0.25, 0.3) is 0 Å². The van der Waals surface area contributed by atoms with Gasteiger partial charge in [-0.1, -0.05) is 12.1 Å². The zero-order valence-electron chi connectivity index (χ0n) is 13.6. The van der Waals surface area contributed by atoms with Crippen molar-refractivity contribution >= 4 is 5.96 Å². The highest BCUT2D eigenvalue weighted by Gasteiger charge is 2.05. The molecule has 0 aliphatic heterocycles. The highest BCUT2D eigenvalue weighted by molar-refractivity contribution is 5.79. The van der Waals surface area contributed by atoms with Crippen LogP contribution in [0.4, 0.5) is 0 Å². The Balaban J connectivity index is 1.91. The lowest BCUT2D eigenvalue weighted by Crippen LogP contribution is -2.36. The number of hydrogen-bond donors (Lipinski definition) is 2. The second-order valence-corrected chi connectivity index (χ2v) is 5.12. The van der Waals surface area contributed by atoms with Crippen LogP contribution in [-0.2, 0) is 20.1 Å². The summed E-state index contributed by atoms with van der Waals surface area (Å²) in [5.74, 6) is 1.63. The molecule has 6 heteroatoms. The van der Waals surface area contributed by atoms with E-state index in [1.54, 1.807) is 18.8 Å². The van der Waals surface area contributed by atoms with E-state index < -0.39 is 0 Å². The van der Waals surface area contributed by atoms with Gasteiger partial charge >= 0.3 is 0 Å². The van der Waals surface area contributed by atoms with Gasteiger partial charge in [-0.05, 0) is 18.6 Å². The normalized spacial score (nSPS) is 11.4. The molecule has 0 radical (unpaired) electrons. The summed E-state index contributed by atoms with van der Waals surface area (Å²) in [6, 6.07) is 6.17. The number of benzene rings is 1. The molecule has 0 amide bonds. The molecule has 2 rings (SSSR count). The summed E-state index contributed by atoms with van der Waals surface area (Å²) in [5, 5.41) is 10.7. The van der Waals surface area contributed by atoms with Crippen LogP contribution in [0.15, 0.2) is 35.6 Å². The molecule has 1 heterocycles. The molecule has 1 aromatic heterocycles. The molecule has 22 heavy (non-hydrogen) atoms. The lowest BCUT2D eigenvalue weighted by atomic mass is 10.1. The second-order valence-electron chi connectivity index (χ2n) is 5.12. The highest BCUT2D eigenvalue weighted by Crippen LogP contribution is 2.19. The monoisotopic (exact) mass is 301 g/mol. The molecule has 0 atom stereocenters. The van der Waals surface area contributed by atoms with Gasteiger partial charge in [0.2, 0.25) is 0 Å². The molecule has 6 nitrogen and oxygen atoms in total. The quantitative estimate of drug-likeness (QED) is 0.650. The maximum atomic E-state index is 5.41. The van der Waals surface area contributed by atoms with Crippen molar-refractivity contribution in [2.24, 2.45) is 12.0 Å². The number of guanidine groups is 1. The van der Waals surface area contributed by atoms with Gasteiger partial charge in [0.1, 0.15) is 5.75 Å². The molecule has 0 aliphatic rings. The lowest BCUT2D eigenvalue weighted by Gasteiger charge is -2.13. The van der Waals surface area contributed by atoms with Gasteiger partial charge in [-0.2, -0.15) is 5.10 Å². The van der Waals surface area contributed by atoms with Crippen molar-refractivity contribution in [2.45, 2.75) is 20.0 Å². The summed E-state index contributed by atoms with van der Waals surface area (Å²) in [6.07, 6.45) is 3.81. The third-order valence-electron chi connectivity index (χ3n) is 3.33. The van der Waals surface area contributed by atoms with Crippen LogP contribution in [-0.4, -0.2) is 29.9 Å². The Bertz CT molecular complexity index is 648. The zero-order chi connectivity index (χ0) is 15.9. The maximum Gasteiger partial charge on any atom is 0.191 e. The number of rotatable bonds is 5. The van der Waals surface area contributed by atoms with Crippen LogP contribution in [0, 0.1) is 6.92 Å². The topological polar surface area (TPSA) is 63.5 Å². The van der Waals surface area contributed by atoms with Gasteiger partial charge in [0.15, 0.2) is 5.96 Å². The first-order valence-corrected chi connectivity index (χ1v) is 7.18. The molecule has 118 valence electrons. The smallest absolute Gasteiger partial charge is 0.191 e. The van der Waals surface area contributed by atoms with E-state index in [1.165, 1.54) is 5.56 Å². The Labute approximate surface area is 131 Å². The van der Waals surface area contributed by atoms with E-state index in [0.29, 0.717) is 13.1 Å². The molecule has 0 fully saturated rings. The van der Waals surface area contributed by atoms with E-state index in [-0.39, 0.29) is 0 Å². The fourth-order valence-electron chi connectivity index (χ4n) is 2.15. The summed E-state index contributed by atoms with van der Waals surface area (Å²) in [4.78, 5) is 4.22. The average Bonchev–Trinajstić information content (AvgIpc) is 2.94. The van der Waals surface area contributed by atoms with Crippen molar-refractivity contribution < 1.29 is 4.74 Å². The first-order valence-electron chi connectivity index (χ1n) is 7.18. The largest absolute Gasteiger partial charge is 0.496 e. The zero-order valence-corrected chi connectivity index (χ0v) is 13.6. The molecular formula is C16H23N5O. The minimum atomic E-state index is 0.649. The lowest BCUT2D eigenvalue weighted by molar-refractivity contribution is 0.408. The van der Waals surface area contributed by atoms with Crippen LogP contribution in [0.1, 0.15) is 16.7 Å². The fraction of sp³-hybridized carbons (Fsp3) is 0.375. The SMILES string of the molecule is CN=C(NCc1cnn(C)c1)NCc1ccc(C)cc1OC. The number of hydrogen-bond acceptors (Lipinski definition) is 3. The van der Waals surface area contributed by atoms with Crippen LogP contribution in [0.25, 0.3) is 0 Å². The Morgan fingerprint density at radius 3 is 2.73 bits per heavy atom. The Morgan fingerprint density at radius 1 is 1.32 bits per heavy atom. The van der Waals surface area contributed by atoms with Gasteiger partial charge in [0, 0.05) is 44.5 Å².